The molecule has 0 aromatic carbocycles. The molecule has 1 heterocycles. The molecule has 4 heteroatoms. The third-order valence-corrected chi connectivity index (χ3v) is 3.99. The van der Waals surface area contributed by atoms with Gasteiger partial charge in [-0.15, -0.1) is 11.3 Å². The van der Waals surface area contributed by atoms with Crippen molar-refractivity contribution >= 4 is 16.5 Å². The third kappa shape index (κ3) is 3.46. The maximum Gasteiger partial charge on any atom is 0.185 e. The first-order valence-corrected chi connectivity index (χ1v) is 6.79. The summed E-state index contributed by atoms with van der Waals surface area (Å²) in [5.41, 5.74) is 0. The quantitative estimate of drug-likeness (QED) is 0.829. The van der Waals surface area contributed by atoms with Gasteiger partial charge >= 0.3 is 0 Å². The van der Waals surface area contributed by atoms with Crippen molar-refractivity contribution < 1.29 is 0 Å². The minimum absolute atomic E-state index is 0.409. The molecule has 0 aliphatic rings. The highest BCUT2D eigenvalue weighted by atomic mass is 32.1. The van der Waals surface area contributed by atoms with Crippen molar-refractivity contribution in [2.75, 3.05) is 18.5 Å². The van der Waals surface area contributed by atoms with Gasteiger partial charge in [-0.2, -0.15) is 0 Å². The zero-order valence-corrected chi connectivity index (χ0v) is 11.8. The molecule has 0 saturated heterocycles. The molecular formula is C12H23N3S. The van der Waals surface area contributed by atoms with Gasteiger partial charge in [-0.05, 0) is 33.7 Å². The smallest absolute Gasteiger partial charge is 0.185 e. The second-order valence-corrected chi connectivity index (χ2v) is 5.47. The summed E-state index contributed by atoms with van der Waals surface area (Å²) in [6.45, 7) is 9.81. The molecule has 1 unspecified atom stereocenters. The first-order chi connectivity index (χ1) is 7.56. The molecule has 1 aromatic heterocycles. The van der Waals surface area contributed by atoms with E-state index in [1.54, 1.807) is 11.3 Å². The highest BCUT2D eigenvalue weighted by molar-refractivity contribution is 7.15. The fraction of sp³-hybridized carbons (Fsp3) is 0.750. The predicted octanol–water partition coefficient (Wildman–Crippen LogP) is 3.05. The molecule has 0 fully saturated rings. The topological polar surface area (TPSA) is 28.2 Å². The molecule has 1 aromatic rings. The molecule has 3 nitrogen and oxygen atoms in total. The average Bonchev–Trinajstić information content (AvgIpc) is 2.73. The molecule has 0 aliphatic carbocycles. The number of hydrogen-bond donors (Lipinski definition) is 1. The molecule has 1 rings (SSSR count). The molecule has 0 amide bonds. The molecule has 92 valence electrons. The number of aromatic nitrogens is 1. The van der Waals surface area contributed by atoms with Gasteiger partial charge in [0.25, 0.3) is 0 Å². The van der Waals surface area contributed by atoms with Crippen LogP contribution in [0.25, 0.3) is 0 Å². The number of hydrogen-bond acceptors (Lipinski definition) is 4. The Morgan fingerprint density at radius 1 is 1.44 bits per heavy atom. The summed E-state index contributed by atoms with van der Waals surface area (Å²) in [5, 5.41) is 4.59. The van der Waals surface area contributed by atoms with Crippen LogP contribution in [-0.4, -0.2) is 24.6 Å². The number of anilines is 1. The standard InChI is InChI=1S/C12H23N3S/c1-6-7-13-10(4)11-8-14-12(16-11)15(5)9(2)3/h8-10,13H,6-7H2,1-5H3. The van der Waals surface area contributed by atoms with Crippen LogP contribution >= 0.6 is 11.3 Å². The summed E-state index contributed by atoms with van der Waals surface area (Å²) in [4.78, 5) is 8.00. The Labute approximate surface area is 103 Å². The lowest BCUT2D eigenvalue weighted by Gasteiger charge is -2.20. The Morgan fingerprint density at radius 3 is 2.69 bits per heavy atom. The highest BCUT2D eigenvalue weighted by Gasteiger charge is 2.13. The molecule has 0 radical (unpaired) electrons. The van der Waals surface area contributed by atoms with E-state index in [-0.39, 0.29) is 0 Å². The minimum Gasteiger partial charge on any atom is -0.349 e. The monoisotopic (exact) mass is 241 g/mol. The Hall–Kier alpha value is -0.610. The first kappa shape index (κ1) is 13.5. The maximum absolute atomic E-state index is 4.47. The molecular weight excluding hydrogens is 218 g/mol. The normalized spacial score (nSPS) is 13.1. The van der Waals surface area contributed by atoms with Gasteiger partial charge in [0.2, 0.25) is 0 Å². The number of thiazole rings is 1. The van der Waals surface area contributed by atoms with E-state index in [1.807, 2.05) is 6.20 Å². The first-order valence-electron chi connectivity index (χ1n) is 5.98. The van der Waals surface area contributed by atoms with Crippen molar-refractivity contribution in [3.8, 4) is 0 Å². The third-order valence-electron chi connectivity index (χ3n) is 2.71. The van der Waals surface area contributed by atoms with Crippen molar-refractivity contribution in [3.05, 3.63) is 11.1 Å². The summed E-state index contributed by atoms with van der Waals surface area (Å²) in [5.74, 6) is 0. The van der Waals surface area contributed by atoms with Gasteiger partial charge in [-0.25, -0.2) is 4.98 Å². The van der Waals surface area contributed by atoms with E-state index in [0.29, 0.717) is 12.1 Å². The zero-order valence-electron chi connectivity index (χ0n) is 10.9. The second-order valence-electron chi connectivity index (χ2n) is 4.43. The second kappa shape index (κ2) is 6.21. The Bertz CT molecular complexity index is 309. The highest BCUT2D eigenvalue weighted by Crippen LogP contribution is 2.27. The van der Waals surface area contributed by atoms with E-state index in [4.69, 9.17) is 0 Å². The zero-order chi connectivity index (χ0) is 12.1. The summed E-state index contributed by atoms with van der Waals surface area (Å²) >= 11 is 1.78. The minimum atomic E-state index is 0.409. The molecule has 0 aliphatic heterocycles. The largest absolute Gasteiger partial charge is 0.349 e. The van der Waals surface area contributed by atoms with E-state index >= 15 is 0 Å². The predicted molar refractivity (Wildman–Crippen MR) is 72.4 cm³/mol. The van der Waals surface area contributed by atoms with Crippen LogP contribution in [0.1, 0.15) is 45.0 Å². The van der Waals surface area contributed by atoms with Crippen molar-refractivity contribution in [3.63, 3.8) is 0 Å². The Kier molecular flexibility index (Phi) is 5.22. The fourth-order valence-electron chi connectivity index (χ4n) is 1.32. The fourth-order valence-corrected chi connectivity index (χ4v) is 2.36. The van der Waals surface area contributed by atoms with Gasteiger partial charge in [0.05, 0.1) is 0 Å². The lowest BCUT2D eigenvalue weighted by Crippen LogP contribution is -2.25. The lowest BCUT2D eigenvalue weighted by atomic mass is 10.3. The summed E-state index contributed by atoms with van der Waals surface area (Å²) in [6, 6.07) is 0.907. The number of nitrogens with one attached hydrogen (secondary N) is 1. The molecule has 0 spiro atoms. The van der Waals surface area contributed by atoms with Gasteiger partial charge in [0.1, 0.15) is 0 Å². The van der Waals surface area contributed by atoms with Crippen LogP contribution in [0.5, 0.6) is 0 Å². The summed E-state index contributed by atoms with van der Waals surface area (Å²) in [7, 11) is 2.09. The van der Waals surface area contributed by atoms with Crippen LogP contribution in [0.2, 0.25) is 0 Å². The number of nitrogens with zero attached hydrogens (tertiary/aromatic N) is 2. The van der Waals surface area contributed by atoms with E-state index in [2.05, 4.69) is 49.9 Å². The summed E-state index contributed by atoms with van der Waals surface area (Å²) in [6.07, 6.45) is 3.16. The van der Waals surface area contributed by atoms with Crippen molar-refractivity contribution in [2.24, 2.45) is 0 Å². The van der Waals surface area contributed by atoms with Crippen molar-refractivity contribution in [1.29, 1.82) is 0 Å². The molecule has 1 N–H and O–H groups in total. The number of rotatable bonds is 6. The molecule has 16 heavy (non-hydrogen) atoms. The molecule has 1 atom stereocenters. The molecule has 0 saturated carbocycles. The van der Waals surface area contributed by atoms with Crippen molar-refractivity contribution in [2.45, 2.75) is 46.2 Å². The maximum atomic E-state index is 4.47. The van der Waals surface area contributed by atoms with Gasteiger partial charge in [-0.1, -0.05) is 6.92 Å². The van der Waals surface area contributed by atoms with Gasteiger partial charge in [0, 0.05) is 30.2 Å². The van der Waals surface area contributed by atoms with E-state index in [9.17, 15) is 0 Å². The van der Waals surface area contributed by atoms with E-state index in [0.717, 1.165) is 11.7 Å². The van der Waals surface area contributed by atoms with Crippen LogP contribution in [0.15, 0.2) is 6.20 Å². The van der Waals surface area contributed by atoms with Gasteiger partial charge < -0.3 is 10.2 Å². The summed E-state index contributed by atoms with van der Waals surface area (Å²) < 4.78 is 0. The SMILES string of the molecule is CCCNC(C)c1cnc(N(C)C(C)C)s1. The molecule has 0 bridgehead atoms. The Morgan fingerprint density at radius 2 is 2.12 bits per heavy atom. The van der Waals surface area contributed by atoms with Gasteiger partial charge in [-0.3, -0.25) is 0 Å². The Balaban J connectivity index is 2.63. The van der Waals surface area contributed by atoms with Gasteiger partial charge in [0.15, 0.2) is 5.13 Å². The lowest BCUT2D eigenvalue weighted by molar-refractivity contribution is 0.577. The van der Waals surface area contributed by atoms with Crippen molar-refractivity contribution in [1.82, 2.24) is 10.3 Å². The van der Waals surface area contributed by atoms with E-state index < -0.39 is 0 Å². The van der Waals surface area contributed by atoms with Crippen LogP contribution in [0.4, 0.5) is 5.13 Å². The van der Waals surface area contributed by atoms with E-state index in [1.165, 1.54) is 11.3 Å². The average molecular weight is 241 g/mol. The van der Waals surface area contributed by atoms with Crippen LogP contribution in [-0.2, 0) is 0 Å². The van der Waals surface area contributed by atoms with Crippen LogP contribution < -0.4 is 10.2 Å². The van der Waals surface area contributed by atoms with Crippen LogP contribution in [0, 0.1) is 0 Å². The van der Waals surface area contributed by atoms with Crippen LogP contribution in [0.3, 0.4) is 0 Å².